The van der Waals surface area contributed by atoms with Crippen LogP contribution in [0.25, 0.3) is 11.4 Å². The van der Waals surface area contributed by atoms with E-state index in [0.717, 1.165) is 31.2 Å². The highest BCUT2D eigenvalue weighted by Gasteiger charge is 2.34. The lowest BCUT2D eigenvalue weighted by Gasteiger charge is -2.32. The third kappa shape index (κ3) is 6.42. The van der Waals surface area contributed by atoms with Gasteiger partial charge in [0.25, 0.3) is 0 Å². The normalized spacial score (nSPS) is 14.8. The zero-order valence-electron chi connectivity index (χ0n) is 23.6. The van der Waals surface area contributed by atoms with Gasteiger partial charge in [0.2, 0.25) is 24.4 Å². The summed E-state index contributed by atoms with van der Waals surface area (Å²) in [7, 11) is 1.58. The highest BCUT2D eigenvalue weighted by molar-refractivity contribution is 5.89. The van der Waals surface area contributed by atoms with Gasteiger partial charge >= 0.3 is 0 Å². The smallest absolute Gasteiger partial charge is 0.247 e. The molecule has 1 atom stereocenters. The van der Waals surface area contributed by atoms with Crippen LogP contribution in [0.3, 0.4) is 0 Å². The number of hydrogen-bond donors (Lipinski definition) is 1. The van der Waals surface area contributed by atoms with Crippen LogP contribution >= 0.6 is 0 Å². The summed E-state index contributed by atoms with van der Waals surface area (Å²) < 4.78 is 30.1. The predicted octanol–water partition coefficient (Wildman–Crippen LogP) is 4.05. The SMILES string of the molecule is COc1ccc(-c2nnn(CC(=O)N(Cc3ccc4c(c3)OCO4)[C@@H](C(=O)NC3CCCC3)c3ccc(F)cc3)n2)cc1. The summed E-state index contributed by atoms with van der Waals surface area (Å²) >= 11 is 0. The topological polar surface area (TPSA) is 121 Å². The number of rotatable bonds is 10. The molecule has 6 rings (SSSR count). The second kappa shape index (κ2) is 12.5. The Labute approximate surface area is 247 Å². The predicted molar refractivity (Wildman–Crippen MR) is 152 cm³/mol. The molecule has 2 aliphatic rings. The van der Waals surface area contributed by atoms with E-state index in [0.29, 0.717) is 34.2 Å². The Morgan fingerprint density at radius 3 is 2.53 bits per heavy atom. The van der Waals surface area contributed by atoms with Crippen molar-refractivity contribution in [1.29, 1.82) is 0 Å². The first-order valence-corrected chi connectivity index (χ1v) is 14.1. The Bertz CT molecular complexity index is 1590. The van der Waals surface area contributed by atoms with Gasteiger partial charge in [0.05, 0.1) is 7.11 Å². The molecule has 2 heterocycles. The maximum Gasteiger partial charge on any atom is 0.247 e. The third-order valence-corrected chi connectivity index (χ3v) is 7.64. The van der Waals surface area contributed by atoms with Gasteiger partial charge in [0.1, 0.15) is 24.2 Å². The number of benzene rings is 3. The van der Waals surface area contributed by atoms with Gasteiger partial charge in [-0.25, -0.2) is 4.39 Å². The lowest BCUT2D eigenvalue weighted by Crippen LogP contribution is -2.46. The number of carbonyl (C=O) groups is 2. The summed E-state index contributed by atoms with van der Waals surface area (Å²) in [5.74, 6) is 0.991. The molecule has 1 fully saturated rings. The molecule has 11 nitrogen and oxygen atoms in total. The summed E-state index contributed by atoms with van der Waals surface area (Å²) in [5.41, 5.74) is 1.91. The Morgan fingerprint density at radius 1 is 1.05 bits per heavy atom. The highest BCUT2D eigenvalue weighted by Crippen LogP contribution is 2.34. The van der Waals surface area contributed by atoms with Crippen LogP contribution in [0.2, 0.25) is 0 Å². The number of halogens is 1. The van der Waals surface area contributed by atoms with Crippen molar-refractivity contribution in [2.75, 3.05) is 13.9 Å². The number of tetrazole rings is 1. The number of methoxy groups -OCH3 is 1. The molecule has 222 valence electrons. The molecule has 12 heteroatoms. The van der Waals surface area contributed by atoms with Crippen molar-refractivity contribution < 1.29 is 28.2 Å². The molecule has 4 aromatic rings. The van der Waals surface area contributed by atoms with Crippen LogP contribution in [0.5, 0.6) is 17.2 Å². The molecule has 1 N–H and O–H groups in total. The van der Waals surface area contributed by atoms with Gasteiger partial charge in [-0.2, -0.15) is 4.80 Å². The first-order chi connectivity index (χ1) is 21.0. The van der Waals surface area contributed by atoms with Crippen LogP contribution in [0.15, 0.2) is 66.7 Å². The highest BCUT2D eigenvalue weighted by atomic mass is 19.1. The van der Waals surface area contributed by atoms with Crippen LogP contribution < -0.4 is 19.5 Å². The molecule has 1 aliphatic heterocycles. The molecule has 1 aliphatic carbocycles. The number of aromatic nitrogens is 4. The molecular weight excluding hydrogens is 555 g/mol. The van der Waals surface area contributed by atoms with Crippen LogP contribution in [-0.2, 0) is 22.7 Å². The van der Waals surface area contributed by atoms with Crippen LogP contribution in [0, 0.1) is 5.82 Å². The van der Waals surface area contributed by atoms with Gasteiger partial charge in [0, 0.05) is 18.2 Å². The summed E-state index contributed by atoms with van der Waals surface area (Å²) in [6.45, 7) is -0.102. The first kappa shape index (κ1) is 28.1. The molecule has 0 saturated heterocycles. The second-order valence-corrected chi connectivity index (χ2v) is 10.5. The second-order valence-electron chi connectivity index (χ2n) is 10.5. The molecule has 3 aromatic carbocycles. The van der Waals surface area contributed by atoms with E-state index in [1.54, 1.807) is 43.5 Å². The third-order valence-electron chi connectivity index (χ3n) is 7.64. The molecule has 0 radical (unpaired) electrons. The monoisotopic (exact) mass is 586 g/mol. The van der Waals surface area contributed by atoms with E-state index in [4.69, 9.17) is 14.2 Å². The fourth-order valence-corrected chi connectivity index (χ4v) is 5.41. The molecule has 0 bridgehead atoms. The van der Waals surface area contributed by atoms with E-state index >= 15 is 0 Å². The zero-order chi connectivity index (χ0) is 29.8. The number of nitrogens with zero attached hydrogens (tertiary/aromatic N) is 5. The largest absolute Gasteiger partial charge is 0.497 e. The van der Waals surface area contributed by atoms with E-state index < -0.39 is 17.8 Å². The van der Waals surface area contributed by atoms with Crippen molar-refractivity contribution in [2.24, 2.45) is 0 Å². The van der Waals surface area contributed by atoms with Crippen molar-refractivity contribution in [3.8, 4) is 28.6 Å². The van der Waals surface area contributed by atoms with Crippen LogP contribution in [0.4, 0.5) is 4.39 Å². The number of ether oxygens (including phenoxy) is 3. The lowest BCUT2D eigenvalue weighted by molar-refractivity contribution is -0.142. The van der Waals surface area contributed by atoms with E-state index in [1.807, 2.05) is 6.07 Å². The molecular formula is C31H31FN6O5. The molecule has 1 aromatic heterocycles. The number of carbonyl (C=O) groups excluding carboxylic acids is 2. The number of hydrogen-bond acceptors (Lipinski definition) is 8. The minimum atomic E-state index is -1.04. The fraction of sp³-hybridized carbons (Fsp3) is 0.323. The number of amides is 2. The first-order valence-electron chi connectivity index (χ1n) is 14.1. The average Bonchev–Trinajstić information content (AvgIpc) is 3.80. The van der Waals surface area contributed by atoms with Gasteiger partial charge in [0.15, 0.2) is 11.5 Å². The Balaban J connectivity index is 1.32. The van der Waals surface area contributed by atoms with Crippen LogP contribution in [-0.4, -0.2) is 56.9 Å². The summed E-state index contributed by atoms with van der Waals surface area (Å²) in [6, 6.07) is 17.1. The lowest BCUT2D eigenvalue weighted by atomic mass is 10.0. The van der Waals surface area contributed by atoms with Gasteiger partial charge in [-0.1, -0.05) is 31.0 Å². The maximum atomic E-state index is 14.1. The van der Waals surface area contributed by atoms with Gasteiger partial charge in [-0.15, -0.1) is 10.2 Å². The van der Waals surface area contributed by atoms with Crippen LogP contribution in [0.1, 0.15) is 42.9 Å². The molecule has 0 unspecified atom stereocenters. The number of nitrogens with one attached hydrogen (secondary N) is 1. The molecule has 0 spiro atoms. The minimum Gasteiger partial charge on any atom is -0.497 e. The fourth-order valence-electron chi connectivity index (χ4n) is 5.41. The number of fused-ring (bicyclic) bond motifs is 1. The minimum absolute atomic E-state index is 0.0157. The Hall–Kier alpha value is -5.00. The van der Waals surface area contributed by atoms with E-state index in [9.17, 15) is 14.0 Å². The summed E-state index contributed by atoms with van der Waals surface area (Å²) in [6.07, 6.45) is 3.80. The van der Waals surface area contributed by atoms with Gasteiger partial charge < -0.3 is 24.4 Å². The zero-order valence-corrected chi connectivity index (χ0v) is 23.6. The maximum absolute atomic E-state index is 14.1. The van der Waals surface area contributed by atoms with E-state index in [-0.39, 0.29) is 31.8 Å². The van der Waals surface area contributed by atoms with Crippen molar-refractivity contribution in [2.45, 2.75) is 50.9 Å². The van der Waals surface area contributed by atoms with E-state index in [1.165, 1.54) is 34.0 Å². The average molecular weight is 587 g/mol. The molecule has 2 amide bonds. The van der Waals surface area contributed by atoms with Crippen molar-refractivity contribution in [3.63, 3.8) is 0 Å². The summed E-state index contributed by atoms with van der Waals surface area (Å²) in [4.78, 5) is 30.6. The molecule has 1 saturated carbocycles. The standard InChI is InChI=1S/C31H31FN6O5/c1-41-25-13-9-22(10-14-25)30-34-36-38(35-30)18-28(39)37(17-20-6-15-26-27(16-20)43-19-42-26)29(21-7-11-23(32)12-8-21)31(40)33-24-4-2-3-5-24/h6-16,24,29H,2-5,17-19H2,1H3,(H,33,40)/t29-/m1/s1. The quantitative estimate of drug-likeness (QED) is 0.296. The Morgan fingerprint density at radius 2 is 1.79 bits per heavy atom. The van der Waals surface area contributed by atoms with Crippen molar-refractivity contribution in [3.05, 3.63) is 83.7 Å². The molecule has 43 heavy (non-hydrogen) atoms. The van der Waals surface area contributed by atoms with Gasteiger partial charge in [-0.3, -0.25) is 9.59 Å². The van der Waals surface area contributed by atoms with E-state index in [2.05, 4.69) is 20.7 Å². The van der Waals surface area contributed by atoms with Crippen molar-refractivity contribution in [1.82, 2.24) is 30.4 Å². The Kier molecular flexibility index (Phi) is 8.16. The van der Waals surface area contributed by atoms with Gasteiger partial charge in [-0.05, 0) is 77.7 Å². The van der Waals surface area contributed by atoms with Crippen molar-refractivity contribution >= 4 is 11.8 Å². The summed E-state index contributed by atoms with van der Waals surface area (Å²) in [5, 5.41) is 15.7.